The minimum absolute atomic E-state index is 0.114. The van der Waals surface area contributed by atoms with E-state index in [-0.39, 0.29) is 35.8 Å². The van der Waals surface area contributed by atoms with Crippen molar-refractivity contribution in [1.29, 1.82) is 0 Å². The number of hydrogen-bond donors (Lipinski definition) is 0. The Morgan fingerprint density at radius 1 is 0.912 bits per heavy atom. The summed E-state index contributed by atoms with van der Waals surface area (Å²) < 4.78 is 60.2. The van der Waals surface area contributed by atoms with E-state index in [9.17, 15) is 13.2 Å². The van der Waals surface area contributed by atoms with Crippen molar-refractivity contribution in [2.45, 2.75) is 25.0 Å². The van der Waals surface area contributed by atoms with Gasteiger partial charge in [-0.2, -0.15) is 4.39 Å². The summed E-state index contributed by atoms with van der Waals surface area (Å²) in [5.41, 5.74) is 2.66. The zero-order chi connectivity index (χ0) is 24.1. The molecule has 0 aliphatic carbocycles. The Hall–Kier alpha value is -3.03. The van der Waals surface area contributed by atoms with E-state index < -0.39 is 11.6 Å². The second-order valence-electron chi connectivity index (χ2n) is 8.15. The number of allylic oxidation sites excluding steroid dienone is 1. The van der Waals surface area contributed by atoms with Gasteiger partial charge in [0, 0.05) is 17.9 Å². The van der Waals surface area contributed by atoms with Crippen LogP contribution in [-0.4, -0.2) is 33.9 Å². The third kappa shape index (κ3) is 5.21. The highest BCUT2D eigenvalue weighted by Crippen LogP contribution is 2.33. The van der Waals surface area contributed by atoms with E-state index >= 15 is 0 Å². The Morgan fingerprint density at radius 2 is 1.59 bits per heavy atom. The van der Waals surface area contributed by atoms with E-state index in [1.165, 1.54) is 18.2 Å². The monoisotopic (exact) mass is 466 g/mol. The van der Waals surface area contributed by atoms with Gasteiger partial charge < -0.3 is 14.2 Å². The van der Waals surface area contributed by atoms with E-state index in [1.807, 2.05) is 12.1 Å². The van der Waals surface area contributed by atoms with Gasteiger partial charge in [0.2, 0.25) is 5.82 Å². The first-order chi connectivity index (χ1) is 16.5. The van der Waals surface area contributed by atoms with Gasteiger partial charge in [-0.1, -0.05) is 42.5 Å². The predicted molar refractivity (Wildman–Crippen MR) is 129 cm³/mol. The average Bonchev–Trinajstić information content (AvgIpc) is 2.86. The van der Waals surface area contributed by atoms with Crippen LogP contribution in [0.5, 0.6) is 5.75 Å². The van der Waals surface area contributed by atoms with Crippen molar-refractivity contribution in [2.75, 3.05) is 19.7 Å². The molecule has 1 saturated heterocycles. The lowest BCUT2D eigenvalue weighted by atomic mass is 9.95. The minimum Gasteiger partial charge on any atom is -0.500 e. The second kappa shape index (κ2) is 10.9. The smallest absolute Gasteiger partial charge is 0.201 e. The van der Waals surface area contributed by atoms with Crippen LogP contribution in [-0.2, 0) is 9.47 Å². The zero-order valence-corrected chi connectivity index (χ0v) is 19.0. The van der Waals surface area contributed by atoms with E-state index in [1.54, 1.807) is 38.2 Å². The maximum atomic E-state index is 14.9. The van der Waals surface area contributed by atoms with Crippen LogP contribution in [0.3, 0.4) is 0 Å². The SMILES string of the molecule is BCOc1ccc(-c2ccc(-c3ccc(C4COC(CCC=C)OC4)c(F)c3)cc2)c(F)c1F. The van der Waals surface area contributed by atoms with Gasteiger partial charge in [0.1, 0.15) is 5.82 Å². The van der Waals surface area contributed by atoms with Crippen molar-refractivity contribution < 1.29 is 27.4 Å². The first-order valence-corrected chi connectivity index (χ1v) is 11.4. The number of halogens is 3. The number of rotatable bonds is 8. The van der Waals surface area contributed by atoms with Gasteiger partial charge in [-0.05, 0) is 46.9 Å². The summed E-state index contributed by atoms with van der Waals surface area (Å²) in [4.78, 5) is 0. The highest BCUT2D eigenvalue weighted by molar-refractivity contribution is 6.08. The van der Waals surface area contributed by atoms with E-state index in [0.717, 1.165) is 18.4 Å². The van der Waals surface area contributed by atoms with Gasteiger partial charge in [0.05, 0.1) is 19.7 Å². The van der Waals surface area contributed by atoms with Crippen LogP contribution in [0, 0.1) is 17.5 Å². The van der Waals surface area contributed by atoms with Gasteiger partial charge in [-0.25, -0.2) is 8.78 Å². The molecule has 1 aliphatic heterocycles. The molecule has 0 radical (unpaired) electrons. The highest BCUT2D eigenvalue weighted by atomic mass is 19.2. The summed E-state index contributed by atoms with van der Waals surface area (Å²) in [5, 5.41) is 0. The molecule has 0 amide bonds. The molecule has 4 rings (SSSR count). The summed E-state index contributed by atoms with van der Waals surface area (Å²) in [6, 6.07) is 14.9. The van der Waals surface area contributed by atoms with Crippen LogP contribution in [0.1, 0.15) is 24.3 Å². The van der Waals surface area contributed by atoms with Crippen molar-refractivity contribution in [3.8, 4) is 28.0 Å². The largest absolute Gasteiger partial charge is 0.500 e. The molecule has 1 aliphatic rings. The lowest BCUT2D eigenvalue weighted by Crippen LogP contribution is -2.31. The molecular weight excluding hydrogens is 440 g/mol. The summed E-state index contributed by atoms with van der Waals surface area (Å²) in [6.07, 6.45) is 3.08. The van der Waals surface area contributed by atoms with Gasteiger partial charge in [-0.3, -0.25) is 0 Å². The van der Waals surface area contributed by atoms with E-state index in [0.29, 0.717) is 29.9 Å². The van der Waals surface area contributed by atoms with Crippen LogP contribution in [0.2, 0.25) is 0 Å². The molecule has 3 aromatic carbocycles. The van der Waals surface area contributed by atoms with Gasteiger partial charge in [0.25, 0.3) is 0 Å². The number of hydrogen-bond acceptors (Lipinski definition) is 3. The quantitative estimate of drug-likeness (QED) is 0.309. The molecule has 0 N–H and O–H groups in total. The Balaban J connectivity index is 1.48. The lowest BCUT2D eigenvalue weighted by molar-refractivity contribution is -0.189. The van der Waals surface area contributed by atoms with Gasteiger partial charge in [-0.15, -0.1) is 6.58 Å². The maximum Gasteiger partial charge on any atom is 0.201 e. The standard InChI is InChI=1S/C27H26BF3O3/c1-2-3-4-25-32-14-20(15-33-25)21-10-9-19(13-23(21)29)17-5-7-18(8-6-17)22-11-12-24(34-16-28)27(31)26(22)30/h2,5-13,20,25H,1,3-4,14-16,28H2. The zero-order valence-electron chi connectivity index (χ0n) is 19.0. The fourth-order valence-corrected chi connectivity index (χ4v) is 4.05. The summed E-state index contributed by atoms with van der Waals surface area (Å²) in [6.45, 7) is 4.74. The van der Waals surface area contributed by atoms with Crippen LogP contribution in [0.15, 0.2) is 67.3 Å². The first kappa shape index (κ1) is 24.1. The molecule has 0 unspecified atom stereocenters. The van der Waals surface area contributed by atoms with E-state index in [2.05, 4.69) is 6.58 Å². The average molecular weight is 466 g/mol. The molecule has 0 saturated carbocycles. The molecule has 1 heterocycles. The van der Waals surface area contributed by atoms with Gasteiger partial charge in [0.15, 0.2) is 25.7 Å². The van der Waals surface area contributed by atoms with Crippen LogP contribution in [0.25, 0.3) is 22.3 Å². The Morgan fingerprint density at radius 3 is 2.24 bits per heavy atom. The molecule has 3 nitrogen and oxygen atoms in total. The Labute approximate surface area is 198 Å². The number of benzene rings is 3. The molecule has 176 valence electrons. The fourth-order valence-electron chi connectivity index (χ4n) is 4.05. The molecule has 0 atom stereocenters. The van der Waals surface area contributed by atoms with Crippen LogP contribution < -0.4 is 4.74 Å². The van der Waals surface area contributed by atoms with E-state index in [4.69, 9.17) is 14.2 Å². The topological polar surface area (TPSA) is 27.7 Å². The van der Waals surface area contributed by atoms with Crippen molar-refractivity contribution in [2.24, 2.45) is 0 Å². The predicted octanol–water partition coefficient (Wildman–Crippen LogP) is 5.83. The minimum atomic E-state index is -1.01. The van der Waals surface area contributed by atoms with Crippen LogP contribution in [0.4, 0.5) is 13.2 Å². The first-order valence-electron chi connectivity index (χ1n) is 11.4. The fraction of sp³-hybridized carbons (Fsp3) is 0.259. The summed E-state index contributed by atoms with van der Waals surface area (Å²) >= 11 is 0. The normalized spacial score (nSPS) is 18.0. The summed E-state index contributed by atoms with van der Waals surface area (Å²) in [7, 11) is 1.71. The third-order valence-electron chi connectivity index (χ3n) is 5.89. The molecule has 1 fully saturated rings. The van der Waals surface area contributed by atoms with Crippen molar-refractivity contribution in [3.63, 3.8) is 0 Å². The molecule has 0 aromatic heterocycles. The van der Waals surface area contributed by atoms with Crippen molar-refractivity contribution >= 4 is 7.85 Å². The van der Waals surface area contributed by atoms with Crippen LogP contribution >= 0.6 is 0 Å². The number of ether oxygens (including phenoxy) is 3. The molecular formula is C27H26BF3O3. The lowest BCUT2D eigenvalue weighted by Gasteiger charge is -2.29. The second-order valence-corrected chi connectivity index (χ2v) is 8.15. The molecule has 7 heteroatoms. The molecule has 34 heavy (non-hydrogen) atoms. The van der Waals surface area contributed by atoms with Gasteiger partial charge >= 0.3 is 0 Å². The summed E-state index contributed by atoms with van der Waals surface area (Å²) in [5.74, 6) is -2.59. The molecule has 0 spiro atoms. The molecule has 3 aromatic rings. The maximum absolute atomic E-state index is 14.9. The van der Waals surface area contributed by atoms with Crippen molar-refractivity contribution in [1.82, 2.24) is 0 Å². The third-order valence-corrected chi connectivity index (χ3v) is 5.89. The van der Waals surface area contributed by atoms with Crippen molar-refractivity contribution in [3.05, 3.63) is 90.3 Å². The Bertz CT molecular complexity index is 1140. The molecule has 0 bridgehead atoms. The highest BCUT2D eigenvalue weighted by Gasteiger charge is 2.25. The Kier molecular flexibility index (Phi) is 7.75.